The summed E-state index contributed by atoms with van der Waals surface area (Å²) in [6.07, 6.45) is -1.29. The van der Waals surface area contributed by atoms with E-state index in [4.69, 9.17) is 11.6 Å². The maximum absolute atomic E-state index is 12.9. The lowest BCUT2D eigenvalue weighted by atomic mass is 9.99. The molecule has 4 aromatic rings. The number of H-pyrrole nitrogens is 1. The number of anilines is 1. The predicted octanol–water partition coefficient (Wildman–Crippen LogP) is 4.28. The highest BCUT2D eigenvalue weighted by atomic mass is 35.5. The highest BCUT2D eigenvalue weighted by Crippen LogP contribution is 2.37. The molecule has 0 unspecified atom stereocenters. The molecule has 0 radical (unpaired) electrons. The molecule has 1 atom stereocenters. The van der Waals surface area contributed by atoms with E-state index in [2.05, 4.69) is 20.1 Å². The lowest BCUT2D eigenvalue weighted by Gasteiger charge is -2.35. The smallest absolute Gasteiger partial charge is 0.348 e. The SMILES string of the molecule is FC(F)(F)c1ccc(N2CCc3[nH]cnc3[C@H]2c2cc3cccc(Cl)n3n2)nc1. The van der Waals surface area contributed by atoms with E-state index >= 15 is 0 Å². The Kier molecular flexibility index (Phi) is 4.02. The van der Waals surface area contributed by atoms with E-state index in [-0.39, 0.29) is 0 Å². The first-order chi connectivity index (χ1) is 13.9. The van der Waals surface area contributed by atoms with E-state index in [1.165, 1.54) is 6.07 Å². The second kappa shape index (κ2) is 6.48. The summed E-state index contributed by atoms with van der Waals surface area (Å²) < 4.78 is 40.4. The Balaban J connectivity index is 1.61. The van der Waals surface area contributed by atoms with Crippen LogP contribution in [-0.4, -0.2) is 31.1 Å². The number of rotatable bonds is 2. The van der Waals surface area contributed by atoms with Crippen molar-refractivity contribution in [2.24, 2.45) is 0 Å². The first kappa shape index (κ1) is 18.0. The van der Waals surface area contributed by atoms with Crippen molar-refractivity contribution < 1.29 is 13.2 Å². The number of hydrogen-bond acceptors (Lipinski definition) is 4. The number of imidazole rings is 1. The van der Waals surface area contributed by atoms with Gasteiger partial charge in [-0.3, -0.25) is 0 Å². The molecule has 10 heteroatoms. The summed E-state index contributed by atoms with van der Waals surface area (Å²) in [6, 6.07) is 9.39. The minimum absolute atomic E-state index is 0.398. The monoisotopic (exact) mass is 418 g/mol. The van der Waals surface area contributed by atoms with Crippen molar-refractivity contribution in [2.75, 3.05) is 11.4 Å². The van der Waals surface area contributed by atoms with Crippen molar-refractivity contribution in [3.8, 4) is 0 Å². The van der Waals surface area contributed by atoms with Crippen LogP contribution < -0.4 is 4.90 Å². The van der Waals surface area contributed by atoms with Gasteiger partial charge in [0.05, 0.1) is 28.8 Å². The van der Waals surface area contributed by atoms with Gasteiger partial charge in [0, 0.05) is 24.9 Å². The Labute approximate surface area is 168 Å². The third-order valence-electron chi connectivity index (χ3n) is 5.03. The molecule has 0 saturated heterocycles. The van der Waals surface area contributed by atoms with E-state index in [1.807, 2.05) is 23.1 Å². The van der Waals surface area contributed by atoms with Gasteiger partial charge in [-0.15, -0.1) is 0 Å². The van der Waals surface area contributed by atoms with E-state index in [0.29, 0.717) is 29.6 Å². The maximum Gasteiger partial charge on any atom is 0.417 e. The van der Waals surface area contributed by atoms with Gasteiger partial charge in [-0.05, 0) is 30.3 Å². The number of nitrogens with one attached hydrogen (secondary N) is 1. The Morgan fingerprint density at radius 2 is 2.00 bits per heavy atom. The van der Waals surface area contributed by atoms with Crippen LogP contribution >= 0.6 is 11.6 Å². The van der Waals surface area contributed by atoms with Crippen LogP contribution in [0.4, 0.5) is 19.0 Å². The zero-order valence-corrected chi connectivity index (χ0v) is 15.6. The molecule has 0 saturated carbocycles. The maximum atomic E-state index is 12.9. The molecular weight excluding hydrogens is 405 g/mol. The van der Waals surface area contributed by atoms with Gasteiger partial charge in [0.15, 0.2) is 0 Å². The highest BCUT2D eigenvalue weighted by molar-refractivity contribution is 6.29. The molecule has 1 N–H and O–H groups in total. The van der Waals surface area contributed by atoms with Crippen molar-refractivity contribution in [3.05, 3.63) is 76.7 Å². The lowest BCUT2D eigenvalue weighted by molar-refractivity contribution is -0.137. The Bertz CT molecular complexity index is 1180. The molecule has 0 aliphatic carbocycles. The number of aromatic nitrogens is 5. The molecule has 5 heterocycles. The van der Waals surface area contributed by atoms with Crippen molar-refractivity contribution in [2.45, 2.75) is 18.6 Å². The summed E-state index contributed by atoms with van der Waals surface area (Å²) in [5.74, 6) is 0.430. The molecule has 0 spiro atoms. The molecule has 29 heavy (non-hydrogen) atoms. The fourth-order valence-corrected chi connectivity index (χ4v) is 3.89. The largest absolute Gasteiger partial charge is 0.417 e. The van der Waals surface area contributed by atoms with Gasteiger partial charge in [-0.2, -0.15) is 18.3 Å². The molecular formula is C19H14ClF3N6. The number of halogens is 4. The average molecular weight is 419 g/mol. The molecule has 148 valence electrons. The summed E-state index contributed by atoms with van der Waals surface area (Å²) in [4.78, 5) is 13.6. The Morgan fingerprint density at radius 1 is 1.14 bits per heavy atom. The van der Waals surface area contributed by atoms with Crippen LogP contribution in [-0.2, 0) is 12.6 Å². The van der Waals surface area contributed by atoms with Crippen molar-refractivity contribution in [1.29, 1.82) is 0 Å². The molecule has 4 aromatic heterocycles. The topological polar surface area (TPSA) is 62.1 Å². The third kappa shape index (κ3) is 3.02. The van der Waals surface area contributed by atoms with Crippen LogP contribution in [0.1, 0.15) is 28.7 Å². The number of pyridine rings is 2. The molecule has 0 aromatic carbocycles. The van der Waals surface area contributed by atoms with E-state index < -0.39 is 17.8 Å². The van der Waals surface area contributed by atoms with Crippen LogP contribution in [0.2, 0.25) is 5.15 Å². The molecule has 5 rings (SSSR count). The minimum atomic E-state index is -4.43. The molecule has 1 aliphatic heterocycles. The van der Waals surface area contributed by atoms with Gasteiger partial charge in [-0.1, -0.05) is 17.7 Å². The number of aromatic amines is 1. The zero-order valence-electron chi connectivity index (χ0n) is 14.9. The van der Waals surface area contributed by atoms with E-state index in [1.54, 1.807) is 16.9 Å². The number of nitrogens with zero attached hydrogens (tertiary/aromatic N) is 5. The fraction of sp³-hybridized carbons (Fsp3) is 0.211. The van der Waals surface area contributed by atoms with Gasteiger partial charge in [0.1, 0.15) is 17.0 Å². The second-order valence-electron chi connectivity index (χ2n) is 6.77. The van der Waals surface area contributed by atoms with Crippen LogP contribution in [0.15, 0.2) is 48.9 Å². The lowest BCUT2D eigenvalue weighted by Crippen LogP contribution is -2.37. The van der Waals surface area contributed by atoms with Gasteiger partial charge in [0.2, 0.25) is 0 Å². The summed E-state index contributed by atoms with van der Waals surface area (Å²) in [5, 5.41) is 5.09. The molecule has 6 nitrogen and oxygen atoms in total. The van der Waals surface area contributed by atoms with Crippen LogP contribution in [0, 0.1) is 0 Å². The Hall–Kier alpha value is -3.07. The second-order valence-corrected chi connectivity index (χ2v) is 7.16. The fourth-order valence-electron chi connectivity index (χ4n) is 3.68. The normalized spacial score (nSPS) is 17.0. The number of fused-ring (bicyclic) bond motifs is 2. The molecule has 1 aliphatic rings. The van der Waals surface area contributed by atoms with E-state index in [9.17, 15) is 13.2 Å². The third-order valence-corrected chi connectivity index (χ3v) is 5.32. The van der Waals surface area contributed by atoms with Crippen LogP contribution in [0.25, 0.3) is 5.52 Å². The summed E-state index contributed by atoms with van der Waals surface area (Å²) in [5.41, 5.74) is 2.47. The first-order valence-corrected chi connectivity index (χ1v) is 9.26. The quantitative estimate of drug-likeness (QED) is 0.494. The molecule has 0 fully saturated rings. The molecule has 0 bridgehead atoms. The number of hydrogen-bond donors (Lipinski definition) is 1. The zero-order chi connectivity index (χ0) is 20.2. The van der Waals surface area contributed by atoms with Crippen molar-refractivity contribution in [1.82, 2.24) is 24.6 Å². The summed E-state index contributed by atoms with van der Waals surface area (Å²) in [7, 11) is 0. The van der Waals surface area contributed by atoms with Gasteiger partial charge in [0.25, 0.3) is 0 Å². The van der Waals surface area contributed by atoms with E-state index in [0.717, 1.165) is 29.2 Å². The standard InChI is InChI=1S/C19H14ClF3N6/c20-15-3-1-2-12-8-14(27-29(12)15)18-17-13(25-10-26-17)6-7-28(18)16-5-4-11(9-24-16)19(21,22)23/h1-5,8-10,18H,6-7H2,(H,25,26)/t18-/m1/s1. The van der Waals surface area contributed by atoms with Gasteiger partial charge < -0.3 is 9.88 Å². The summed E-state index contributed by atoms with van der Waals surface area (Å²) in [6.45, 7) is 0.555. The van der Waals surface area contributed by atoms with Gasteiger partial charge in [-0.25, -0.2) is 14.5 Å². The summed E-state index contributed by atoms with van der Waals surface area (Å²) >= 11 is 6.25. The number of alkyl halides is 3. The minimum Gasteiger partial charge on any atom is -0.348 e. The van der Waals surface area contributed by atoms with Crippen LogP contribution in [0.5, 0.6) is 0 Å². The highest BCUT2D eigenvalue weighted by Gasteiger charge is 2.35. The van der Waals surface area contributed by atoms with Crippen molar-refractivity contribution >= 4 is 22.9 Å². The van der Waals surface area contributed by atoms with Crippen LogP contribution in [0.3, 0.4) is 0 Å². The Morgan fingerprint density at radius 3 is 2.72 bits per heavy atom. The van der Waals surface area contributed by atoms with Gasteiger partial charge >= 0.3 is 6.18 Å². The first-order valence-electron chi connectivity index (χ1n) is 8.88. The van der Waals surface area contributed by atoms with Crippen molar-refractivity contribution in [3.63, 3.8) is 0 Å². The molecule has 0 amide bonds. The average Bonchev–Trinajstić information content (AvgIpc) is 3.34. The predicted molar refractivity (Wildman–Crippen MR) is 101 cm³/mol.